The van der Waals surface area contributed by atoms with Crippen molar-refractivity contribution in [2.45, 2.75) is 6.54 Å². The Labute approximate surface area is 181 Å². The third-order valence-corrected chi connectivity index (χ3v) is 6.13. The van der Waals surface area contributed by atoms with Crippen LogP contribution >= 0.6 is 0 Å². The van der Waals surface area contributed by atoms with Gasteiger partial charge in [-0.15, -0.1) is 0 Å². The zero-order valence-corrected chi connectivity index (χ0v) is 18.3. The van der Waals surface area contributed by atoms with Crippen LogP contribution in [-0.2, 0) is 6.54 Å². The molecule has 0 amide bonds. The van der Waals surface area contributed by atoms with Gasteiger partial charge in [0, 0.05) is 68.7 Å². The monoisotopic (exact) mass is 420 g/mol. The third kappa shape index (κ3) is 3.73. The minimum absolute atomic E-state index is 0.488. The first-order valence-corrected chi connectivity index (χ1v) is 10.6. The summed E-state index contributed by atoms with van der Waals surface area (Å²) in [5.74, 6) is 1.13. The number of fused-ring (bicyclic) bond motifs is 2. The first-order chi connectivity index (χ1) is 15.2. The van der Waals surface area contributed by atoms with Crippen LogP contribution in [0.15, 0.2) is 36.7 Å². The number of aromatic nitrogens is 4. The molecule has 5 heterocycles. The highest BCUT2D eigenvalue weighted by Gasteiger charge is 2.19. The van der Waals surface area contributed by atoms with Gasteiger partial charge in [0.05, 0.1) is 25.4 Å². The molecule has 8 heteroatoms. The maximum atomic E-state index is 5.53. The molecule has 31 heavy (non-hydrogen) atoms. The van der Waals surface area contributed by atoms with Crippen LogP contribution < -0.4 is 9.47 Å². The second-order valence-electron chi connectivity index (χ2n) is 8.07. The van der Waals surface area contributed by atoms with E-state index in [1.54, 1.807) is 20.4 Å². The smallest absolute Gasteiger partial charge is 0.257 e. The zero-order valence-electron chi connectivity index (χ0n) is 18.3. The molecule has 0 spiro atoms. The molecule has 1 aliphatic heterocycles. The Hall–Kier alpha value is -3.10. The number of likely N-dealkylation sites (N-methyl/N-ethyl adjacent to an activating group) is 1. The highest BCUT2D eigenvalue weighted by Crippen LogP contribution is 2.36. The summed E-state index contributed by atoms with van der Waals surface area (Å²) in [5.41, 5.74) is 4.83. The van der Waals surface area contributed by atoms with Crippen LogP contribution in [0, 0.1) is 0 Å². The van der Waals surface area contributed by atoms with E-state index in [1.165, 1.54) is 0 Å². The van der Waals surface area contributed by atoms with Gasteiger partial charge >= 0.3 is 0 Å². The Bertz CT molecular complexity index is 1170. The topological polar surface area (TPSA) is 71.4 Å². The Balaban J connectivity index is 1.56. The van der Waals surface area contributed by atoms with Crippen LogP contribution in [0.4, 0.5) is 0 Å². The number of nitrogens with zero attached hydrogens (tertiary/aromatic N) is 5. The van der Waals surface area contributed by atoms with Gasteiger partial charge in [-0.25, -0.2) is 9.97 Å². The lowest BCUT2D eigenvalue weighted by Crippen LogP contribution is -2.45. The van der Waals surface area contributed by atoms with Crippen molar-refractivity contribution in [3.05, 3.63) is 36.7 Å². The van der Waals surface area contributed by atoms with E-state index in [1.807, 2.05) is 12.1 Å². The Kier molecular flexibility index (Phi) is 5.25. The molecule has 1 fully saturated rings. The van der Waals surface area contributed by atoms with Crippen molar-refractivity contribution in [2.24, 2.45) is 0 Å². The molecule has 1 saturated heterocycles. The molecule has 0 aliphatic carbocycles. The number of rotatable bonds is 6. The molecular weight excluding hydrogens is 392 g/mol. The lowest BCUT2D eigenvalue weighted by molar-refractivity contribution is 0.150. The fraction of sp³-hybridized carbons (Fsp3) is 0.391. The number of aromatic amines is 1. The average molecular weight is 421 g/mol. The Morgan fingerprint density at radius 2 is 1.90 bits per heavy atom. The standard InChI is InChI=1S/C23H28N6O2/c1-27-7-9-28(10-8-27)11-12-29-15-17(18-13-16-5-4-6-24-22(16)25-18)21-19(29)14-20(30-2)23(26-21)31-3/h4-6,13-15H,7-12H2,1-3H3,(H,24,25). The van der Waals surface area contributed by atoms with Crippen LogP contribution in [0.25, 0.3) is 33.3 Å². The van der Waals surface area contributed by atoms with Crippen LogP contribution in [-0.4, -0.2) is 83.3 Å². The number of nitrogens with one attached hydrogen (secondary N) is 1. The summed E-state index contributed by atoms with van der Waals surface area (Å²) in [4.78, 5) is 17.6. The van der Waals surface area contributed by atoms with E-state index in [0.29, 0.717) is 11.6 Å². The van der Waals surface area contributed by atoms with E-state index < -0.39 is 0 Å². The first kappa shape index (κ1) is 19.8. The second-order valence-corrected chi connectivity index (χ2v) is 8.07. The zero-order chi connectivity index (χ0) is 21.4. The number of ether oxygens (including phenoxy) is 2. The number of hydrogen-bond acceptors (Lipinski definition) is 6. The van der Waals surface area contributed by atoms with Crippen molar-refractivity contribution in [3.63, 3.8) is 0 Å². The predicted molar refractivity (Wildman–Crippen MR) is 122 cm³/mol. The first-order valence-electron chi connectivity index (χ1n) is 10.6. The molecule has 0 unspecified atom stereocenters. The van der Waals surface area contributed by atoms with Gasteiger partial charge in [0.25, 0.3) is 5.88 Å². The van der Waals surface area contributed by atoms with E-state index in [2.05, 4.69) is 49.7 Å². The Morgan fingerprint density at radius 1 is 1.06 bits per heavy atom. The predicted octanol–water partition coefficient (Wildman–Crippen LogP) is 2.84. The van der Waals surface area contributed by atoms with Gasteiger partial charge < -0.3 is 23.9 Å². The lowest BCUT2D eigenvalue weighted by Gasteiger charge is -2.32. The van der Waals surface area contributed by atoms with Crippen LogP contribution in [0.1, 0.15) is 0 Å². The molecule has 4 aromatic rings. The van der Waals surface area contributed by atoms with Crippen molar-refractivity contribution in [3.8, 4) is 22.9 Å². The molecule has 0 radical (unpaired) electrons. The normalized spacial score (nSPS) is 15.7. The van der Waals surface area contributed by atoms with Crippen molar-refractivity contribution < 1.29 is 9.47 Å². The van der Waals surface area contributed by atoms with Gasteiger partial charge in [-0.3, -0.25) is 4.90 Å². The summed E-state index contributed by atoms with van der Waals surface area (Å²) in [6, 6.07) is 8.16. The average Bonchev–Trinajstić information content (AvgIpc) is 3.38. The summed E-state index contributed by atoms with van der Waals surface area (Å²) in [6.07, 6.45) is 3.98. The molecule has 0 atom stereocenters. The SMILES string of the molecule is COc1cc2c(nc1OC)c(-c1cc3cccnc3[nH]1)cn2CCN1CCN(C)CC1. The van der Waals surface area contributed by atoms with Gasteiger partial charge in [-0.2, -0.15) is 0 Å². The fourth-order valence-corrected chi connectivity index (χ4v) is 4.27. The minimum atomic E-state index is 0.488. The number of pyridine rings is 2. The number of methoxy groups -OCH3 is 2. The van der Waals surface area contributed by atoms with Gasteiger partial charge in [0.15, 0.2) is 5.75 Å². The van der Waals surface area contributed by atoms with Crippen LogP contribution in [0.2, 0.25) is 0 Å². The molecule has 1 aliphatic rings. The van der Waals surface area contributed by atoms with Crippen molar-refractivity contribution in [1.82, 2.24) is 29.3 Å². The number of piperazine rings is 1. The van der Waals surface area contributed by atoms with Crippen LogP contribution in [0.5, 0.6) is 11.6 Å². The highest BCUT2D eigenvalue weighted by atomic mass is 16.5. The highest BCUT2D eigenvalue weighted by molar-refractivity contribution is 5.96. The van der Waals surface area contributed by atoms with E-state index in [4.69, 9.17) is 14.5 Å². The molecule has 5 rings (SSSR count). The van der Waals surface area contributed by atoms with Gasteiger partial charge in [0.1, 0.15) is 11.2 Å². The van der Waals surface area contributed by atoms with E-state index in [0.717, 1.165) is 72.6 Å². The summed E-state index contributed by atoms with van der Waals surface area (Å²) in [7, 11) is 5.45. The van der Waals surface area contributed by atoms with E-state index >= 15 is 0 Å². The molecule has 4 aromatic heterocycles. The third-order valence-electron chi connectivity index (χ3n) is 6.13. The largest absolute Gasteiger partial charge is 0.491 e. The van der Waals surface area contributed by atoms with Crippen molar-refractivity contribution in [1.29, 1.82) is 0 Å². The quantitative estimate of drug-likeness (QED) is 0.517. The molecule has 0 bridgehead atoms. The van der Waals surface area contributed by atoms with Crippen LogP contribution in [0.3, 0.4) is 0 Å². The second kappa shape index (κ2) is 8.20. The summed E-state index contributed by atoms with van der Waals surface area (Å²) >= 11 is 0. The van der Waals surface area contributed by atoms with Gasteiger partial charge in [-0.05, 0) is 25.2 Å². The molecule has 0 aromatic carbocycles. The Morgan fingerprint density at radius 3 is 2.65 bits per heavy atom. The number of hydrogen-bond donors (Lipinski definition) is 1. The van der Waals surface area contributed by atoms with E-state index in [9.17, 15) is 0 Å². The summed E-state index contributed by atoms with van der Waals surface area (Å²) in [6.45, 7) is 6.32. The maximum Gasteiger partial charge on any atom is 0.257 e. The van der Waals surface area contributed by atoms with Gasteiger partial charge in [0.2, 0.25) is 0 Å². The molecule has 1 N–H and O–H groups in total. The van der Waals surface area contributed by atoms with Gasteiger partial charge in [-0.1, -0.05) is 0 Å². The molecule has 0 saturated carbocycles. The molecule has 162 valence electrons. The van der Waals surface area contributed by atoms with Crippen molar-refractivity contribution >= 4 is 22.1 Å². The van der Waals surface area contributed by atoms with E-state index in [-0.39, 0.29) is 0 Å². The lowest BCUT2D eigenvalue weighted by atomic mass is 10.2. The molecule has 8 nitrogen and oxygen atoms in total. The fourth-order valence-electron chi connectivity index (χ4n) is 4.27. The summed E-state index contributed by atoms with van der Waals surface area (Å²) < 4.78 is 13.3. The molecular formula is C23H28N6O2. The minimum Gasteiger partial charge on any atom is -0.491 e. The number of H-pyrrole nitrogens is 1. The van der Waals surface area contributed by atoms with Crippen molar-refractivity contribution in [2.75, 3.05) is 54.0 Å². The maximum absolute atomic E-state index is 5.53. The summed E-state index contributed by atoms with van der Waals surface area (Å²) in [5, 5.41) is 1.08.